The number of para-hydroxylation sites is 1. The molecule has 2 amide bonds. The molecule has 148 valence electrons. The monoisotopic (exact) mass is 387 g/mol. The van der Waals surface area contributed by atoms with E-state index in [1.54, 1.807) is 38.2 Å². The van der Waals surface area contributed by atoms with Crippen molar-refractivity contribution in [3.05, 3.63) is 59.9 Å². The largest absolute Gasteiger partial charge is 0.462 e. The average molecular weight is 387 g/mol. The summed E-state index contributed by atoms with van der Waals surface area (Å²) >= 11 is 0. The summed E-state index contributed by atoms with van der Waals surface area (Å²) in [5, 5.41) is 5.28. The maximum Gasteiger partial charge on any atom is 0.340 e. The molecule has 0 unspecified atom stereocenters. The zero-order valence-electron chi connectivity index (χ0n) is 15.7. The number of halogens is 1. The summed E-state index contributed by atoms with van der Waals surface area (Å²) in [6.07, 6.45) is 0. The molecule has 0 saturated carbocycles. The van der Waals surface area contributed by atoms with Crippen molar-refractivity contribution in [2.75, 3.05) is 37.4 Å². The number of likely N-dealkylation sites (N-methyl/N-ethyl adjacent to an activating group) is 1. The third-order valence-electron chi connectivity index (χ3n) is 3.65. The van der Waals surface area contributed by atoms with Gasteiger partial charge in [0.1, 0.15) is 5.82 Å². The van der Waals surface area contributed by atoms with Crippen LogP contribution in [0.3, 0.4) is 0 Å². The molecule has 2 rings (SSSR count). The summed E-state index contributed by atoms with van der Waals surface area (Å²) in [4.78, 5) is 37.7. The minimum atomic E-state index is -0.523. The second-order valence-corrected chi connectivity index (χ2v) is 6.04. The van der Waals surface area contributed by atoms with Gasteiger partial charge < -0.3 is 15.4 Å². The van der Waals surface area contributed by atoms with Crippen molar-refractivity contribution in [2.24, 2.45) is 0 Å². The Morgan fingerprint density at radius 3 is 2.21 bits per heavy atom. The van der Waals surface area contributed by atoms with Crippen molar-refractivity contribution >= 4 is 29.2 Å². The van der Waals surface area contributed by atoms with Crippen LogP contribution < -0.4 is 10.6 Å². The molecular weight excluding hydrogens is 365 g/mol. The molecule has 7 nitrogen and oxygen atoms in total. The molecule has 0 bridgehead atoms. The number of nitrogens with one attached hydrogen (secondary N) is 2. The van der Waals surface area contributed by atoms with E-state index in [-0.39, 0.29) is 37.1 Å². The van der Waals surface area contributed by atoms with Gasteiger partial charge in [-0.25, -0.2) is 9.18 Å². The molecule has 0 heterocycles. The molecule has 0 aromatic heterocycles. The van der Waals surface area contributed by atoms with Crippen LogP contribution in [0.2, 0.25) is 0 Å². The molecule has 2 N–H and O–H groups in total. The first-order valence-electron chi connectivity index (χ1n) is 8.69. The van der Waals surface area contributed by atoms with Crippen molar-refractivity contribution in [3.8, 4) is 0 Å². The summed E-state index contributed by atoms with van der Waals surface area (Å²) in [5.74, 6) is -1.64. The smallest absolute Gasteiger partial charge is 0.340 e. The fourth-order valence-electron chi connectivity index (χ4n) is 2.45. The predicted molar refractivity (Wildman–Crippen MR) is 104 cm³/mol. The fourth-order valence-corrected chi connectivity index (χ4v) is 2.45. The number of anilines is 2. The van der Waals surface area contributed by atoms with Crippen LogP contribution in [0.4, 0.5) is 15.8 Å². The van der Waals surface area contributed by atoms with Gasteiger partial charge >= 0.3 is 5.97 Å². The Bertz CT molecular complexity index is 840. The van der Waals surface area contributed by atoms with Gasteiger partial charge in [0.15, 0.2) is 0 Å². The van der Waals surface area contributed by atoms with Gasteiger partial charge in [-0.3, -0.25) is 14.5 Å². The van der Waals surface area contributed by atoms with Crippen molar-refractivity contribution in [3.63, 3.8) is 0 Å². The Balaban J connectivity index is 1.88. The van der Waals surface area contributed by atoms with Gasteiger partial charge in [-0.1, -0.05) is 12.1 Å². The van der Waals surface area contributed by atoms with Crippen LogP contribution in [-0.2, 0) is 14.3 Å². The Labute approximate surface area is 162 Å². The first-order chi connectivity index (χ1) is 13.4. The van der Waals surface area contributed by atoms with E-state index in [1.165, 1.54) is 29.2 Å². The second kappa shape index (κ2) is 10.2. The lowest BCUT2D eigenvalue weighted by Gasteiger charge is -2.17. The summed E-state index contributed by atoms with van der Waals surface area (Å²) in [5.41, 5.74) is 1.07. The zero-order chi connectivity index (χ0) is 20.5. The quantitative estimate of drug-likeness (QED) is 0.680. The molecule has 0 aliphatic heterocycles. The average Bonchev–Trinajstić information content (AvgIpc) is 2.64. The summed E-state index contributed by atoms with van der Waals surface area (Å²) in [6, 6.07) is 11.9. The number of rotatable bonds is 8. The minimum absolute atomic E-state index is 0.0374. The molecule has 0 spiro atoms. The Morgan fingerprint density at radius 2 is 1.57 bits per heavy atom. The summed E-state index contributed by atoms with van der Waals surface area (Å²) < 4.78 is 17.9. The van der Waals surface area contributed by atoms with Gasteiger partial charge in [-0.05, 0) is 50.4 Å². The molecule has 0 saturated heterocycles. The number of benzene rings is 2. The number of hydrogen-bond acceptors (Lipinski definition) is 5. The Hall–Kier alpha value is -3.26. The van der Waals surface area contributed by atoms with E-state index in [0.717, 1.165) is 0 Å². The van der Waals surface area contributed by atoms with Crippen molar-refractivity contribution < 1.29 is 23.5 Å². The number of ether oxygens (including phenoxy) is 1. The van der Waals surface area contributed by atoms with Crippen LogP contribution in [0, 0.1) is 5.82 Å². The maximum atomic E-state index is 12.9. The van der Waals surface area contributed by atoms with Gasteiger partial charge in [-0.15, -0.1) is 0 Å². The van der Waals surface area contributed by atoms with Gasteiger partial charge in [0, 0.05) is 5.69 Å². The van der Waals surface area contributed by atoms with Gasteiger partial charge in [0.25, 0.3) is 0 Å². The molecule has 2 aromatic carbocycles. The van der Waals surface area contributed by atoms with Gasteiger partial charge in [0.2, 0.25) is 11.8 Å². The number of amides is 2. The number of hydrogen-bond donors (Lipinski definition) is 2. The number of nitrogens with zero attached hydrogens (tertiary/aromatic N) is 1. The number of carbonyl (C=O) groups is 3. The summed E-state index contributed by atoms with van der Waals surface area (Å²) in [7, 11) is 1.61. The SMILES string of the molecule is CCOC(=O)c1ccccc1NC(=O)CN(C)CC(=O)Nc1ccc(F)cc1. The normalized spacial score (nSPS) is 10.4. The predicted octanol–water partition coefficient (Wildman–Crippen LogP) is 2.51. The van der Waals surface area contributed by atoms with Crippen LogP contribution in [0.5, 0.6) is 0 Å². The van der Waals surface area contributed by atoms with E-state index in [1.807, 2.05) is 0 Å². The van der Waals surface area contributed by atoms with Crippen molar-refractivity contribution in [2.45, 2.75) is 6.92 Å². The highest BCUT2D eigenvalue weighted by atomic mass is 19.1. The molecule has 0 aliphatic rings. The molecule has 0 aliphatic carbocycles. The van der Waals surface area contributed by atoms with E-state index in [9.17, 15) is 18.8 Å². The molecule has 0 fully saturated rings. The van der Waals surface area contributed by atoms with E-state index < -0.39 is 11.8 Å². The zero-order valence-corrected chi connectivity index (χ0v) is 15.7. The lowest BCUT2D eigenvalue weighted by Crippen LogP contribution is -2.36. The van der Waals surface area contributed by atoms with E-state index >= 15 is 0 Å². The van der Waals surface area contributed by atoms with Crippen LogP contribution in [0.1, 0.15) is 17.3 Å². The summed E-state index contributed by atoms with van der Waals surface area (Å²) in [6.45, 7) is 1.83. The number of carbonyl (C=O) groups excluding carboxylic acids is 3. The van der Waals surface area contributed by atoms with Crippen LogP contribution in [-0.4, -0.2) is 49.4 Å². The first kappa shape index (κ1) is 21.0. The lowest BCUT2D eigenvalue weighted by molar-refractivity contribution is -0.119. The maximum absolute atomic E-state index is 12.9. The van der Waals surface area contributed by atoms with Gasteiger partial charge in [-0.2, -0.15) is 0 Å². The van der Waals surface area contributed by atoms with E-state index in [0.29, 0.717) is 11.4 Å². The standard InChI is InChI=1S/C20H22FN3O4/c1-3-28-20(27)16-6-4-5-7-17(16)23-19(26)13-24(2)12-18(25)22-15-10-8-14(21)9-11-15/h4-11H,3,12-13H2,1-2H3,(H,22,25)(H,23,26). The van der Waals surface area contributed by atoms with E-state index in [4.69, 9.17) is 4.74 Å². The topological polar surface area (TPSA) is 87.7 Å². The molecule has 2 aromatic rings. The second-order valence-electron chi connectivity index (χ2n) is 6.04. The van der Waals surface area contributed by atoms with Crippen molar-refractivity contribution in [1.29, 1.82) is 0 Å². The highest BCUT2D eigenvalue weighted by Gasteiger charge is 2.16. The highest BCUT2D eigenvalue weighted by molar-refractivity contribution is 6.02. The molecule has 0 radical (unpaired) electrons. The first-order valence-corrected chi connectivity index (χ1v) is 8.69. The van der Waals surface area contributed by atoms with Crippen LogP contribution >= 0.6 is 0 Å². The third-order valence-corrected chi connectivity index (χ3v) is 3.65. The molecule has 8 heteroatoms. The van der Waals surface area contributed by atoms with Crippen molar-refractivity contribution in [1.82, 2.24) is 4.90 Å². The van der Waals surface area contributed by atoms with E-state index in [2.05, 4.69) is 10.6 Å². The van der Waals surface area contributed by atoms with Crippen LogP contribution in [0.15, 0.2) is 48.5 Å². The van der Waals surface area contributed by atoms with Gasteiger partial charge in [0.05, 0.1) is 30.9 Å². The highest BCUT2D eigenvalue weighted by Crippen LogP contribution is 2.16. The molecule has 0 atom stereocenters. The van der Waals surface area contributed by atoms with Crippen LogP contribution in [0.25, 0.3) is 0 Å². The molecule has 28 heavy (non-hydrogen) atoms. The molecular formula is C20H22FN3O4. The Morgan fingerprint density at radius 1 is 0.964 bits per heavy atom. The lowest BCUT2D eigenvalue weighted by atomic mass is 10.2. The fraction of sp³-hybridized carbons (Fsp3) is 0.250. The Kier molecular flexibility index (Phi) is 7.65. The minimum Gasteiger partial charge on any atom is -0.462 e. The number of esters is 1. The third kappa shape index (κ3) is 6.48.